The standard InChI is InChI=1S/C8H7F3N2O4/c9-8(10,11)7(12)3-1-4(13(16)17)6(15)5(14)2-3/h1-2,7,14-15H,12H2/t7-/m1/s1. The van der Waals surface area contributed by atoms with Crippen LogP contribution in [0.3, 0.4) is 0 Å². The number of rotatable bonds is 2. The summed E-state index contributed by atoms with van der Waals surface area (Å²) in [5.41, 5.74) is 3.07. The summed E-state index contributed by atoms with van der Waals surface area (Å²) in [6.07, 6.45) is -4.81. The van der Waals surface area contributed by atoms with Crippen LogP contribution in [0, 0.1) is 10.1 Å². The third kappa shape index (κ3) is 2.56. The normalized spacial score (nSPS) is 13.4. The average Bonchev–Trinajstić information content (AvgIpc) is 2.19. The number of nitro benzene ring substituents is 1. The van der Waals surface area contributed by atoms with Crippen LogP contribution in [0.25, 0.3) is 0 Å². The Kier molecular flexibility index (Phi) is 3.14. The van der Waals surface area contributed by atoms with Crippen molar-refractivity contribution in [3.63, 3.8) is 0 Å². The van der Waals surface area contributed by atoms with Gasteiger partial charge in [-0.25, -0.2) is 0 Å². The van der Waals surface area contributed by atoms with Gasteiger partial charge in [-0.1, -0.05) is 0 Å². The van der Waals surface area contributed by atoms with Gasteiger partial charge in [0.15, 0.2) is 5.75 Å². The molecule has 1 aromatic rings. The molecule has 0 aliphatic rings. The molecule has 0 amide bonds. The highest BCUT2D eigenvalue weighted by Crippen LogP contribution is 2.40. The zero-order valence-electron chi connectivity index (χ0n) is 8.10. The topological polar surface area (TPSA) is 110 Å². The van der Waals surface area contributed by atoms with Crippen LogP contribution in [-0.4, -0.2) is 21.3 Å². The molecule has 1 atom stereocenters. The first-order valence-electron chi connectivity index (χ1n) is 4.17. The lowest BCUT2D eigenvalue weighted by molar-refractivity contribution is -0.386. The van der Waals surface area contributed by atoms with Gasteiger partial charge in [0.05, 0.1) is 4.92 Å². The third-order valence-electron chi connectivity index (χ3n) is 2.00. The van der Waals surface area contributed by atoms with Crippen molar-refractivity contribution in [2.75, 3.05) is 0 Å². The Bertz CT molecular complexity index is 461. The van der Waals surface area contributed by atoms with E-state index in [1.807, 2.05) is 0 Å². The van der Waals surface area contributed by atoms with Crippen molar-refractivity contribution in [1.29, 1.82) is 0 Å². The number of alkyl halides is 3. The fourth-order valence-corrected chi connectivity index (χ4v) is 1.13. The summed E-state index contributed by atoms with van der Waals surface area (Å²) in [7, 11) is 0. The Morgan fingerprint density at radius 1 is 1.35 bits per heavy atom. The molecule has 94 valence electrons. The number of nitro groups is 1. The van der Waals surface area contributed by atoms with Crippen molar-refractivity contribution in [2.45, 2.75) is 12.2 Å². The second-order valence-corrected chi connectivity index (χ2v) is 3.18. The van der Waals surface area contributed by atoms with Crippen molar-refractivity contribution < 1.29 is 28.3 Å². The second kappa shape index (κ2) is 4.09. The summed E-state index contributed by atoms with van der Waals surface area (Å²) >= 11 is 0. The summed E-state index contributed by atoms with van der Waals surface area (Å²) < 4.78 is 36.8. The van der Waals surface area contributed by atoms with E-state index < -0.39 is 39.9 Å². The molecule has 9 heteroatoms. The van der Waals surface area contributed by atoms with E-state index in [0.717, 1.165) is 0 Å². The molecule has 6 nitrogen and oxygen atoms in total. The first kappa shape index (κ1) is 13.0. The lowest BCUT2D eigenvalue weighted by Crippen LogP contribution is -2.28. The number of nitrogens with zero attached hydrogens (tertiary/aromatic N) is 1. The number of aromatic hydroxyl groups is 2. The van der Waals surface area contributed by atoms with E-state index in [2.05, 4.69) is 0 Å². The van der Waals surface area contributed by atoms with Crippen LogP contribution in [0.1, 0.15) is 11.6 Å². The number of phenols is 2. The van der Waals surface area contributed by atoms with Crippen LogP contribution < -0.4 is 5.73 Å². The van der Waals surface area contributed by atoms with E-state index in [9.17, 15) is 23.3 Å². The maximum absolute atomic E-state index is 12.3. The van der Waals surface area contributed by atoms with Gasteiger partial charge >= 0.3 is 11.9 Å². The average molecular weight is 252 g/mol. The molecule has 0 unspecified atom stereocenters. The highest BCUT2D eigenvalue weighted by molar-refractivity contribution is 5.57. The largest absolute Gasteiger partial charge is 0.504 e. The summed E-state index contributed by atoms with van der Waals surface area (Å²) in [6, 6.07) is -1.49. The van der Waals surface area contributed by atoms with Gasteiger partial charge in [0.25, 0.3) is 0 Å². The van der Waals surface area contributed by atoms with E-state index in [1.165, 1.54) is 0 Å². The lowest BCUT2D eigenvalue weighted by atomic mass is 10.1. The molecule has 0 spiro atoms. The first-order chi connectivity index (χ1) is 7.64. The molecule has 0 aliphatic heterocycles. The molecule has 0 saturated carbocycles. The molecular formula is C8H7F3N2O4. The predicted molar refractivity (Wildman–Crippen MR) is 49.4 cm³/mol. The SMILES string of the molecule is N[C@H](c1cc(O)c(O)c([N+](=O)[O-])c1)C(F)(F)F. The van der Waals surface area contributed by atoms with E-state index in [4.69, 9.17) is 15.9 Å². The highest BCUT2D eigenvalue weighted by atomic mass is 19.4. The third-order valence-corrected chi connectivity index (χ3v) is 2.00. The molecule has 4 N–H and O–H groups in total. The van der Waals surface area contributed by atoms with Crippen molar-refractivity contribution in [3.8, 4) is 11.5 Å². The molecule has 0 aliphatic carbocycles. The van der Waals surface area contributed by atoms with Crippen LogP contribution in [-0.2, 0) is 0 Å². The van der Waals surface area contributed by atoms with Gasteiger partial charge in [-0.3, -0.25) is 10.1 Å². The van der Waals surface area contributed by atoms with Crippen LogP contribution in [0.15, 0.2) is 12.1 Å². The van der Waals surface area contributed by atoms with E-state index >= 15 is 0 Å². The van der Waals surface area contributed by atoms with E-state index in [-0.39, 0.29) is 0 Å². The van der Waals surface area contributed by atoms with Gasteiger partial charge in [0.1, 0.15) is 6.04 Å². The molecule has 0 bridgehead atoms. The zero-order valence-corrected chi connectivity index (χ0v) is 8.10. The Balaban J connectivity index is 3.34. The minimum Gasteiger partial charge on any atom is -0.504 e. The number of benzene rings is 1. The lowest BCUT2D eigenvalue weighted by Gasteiger charge is -2.16. The molecule has 0 heterocycles. The van der Waals surface area contributed by atoms with Gasteiger partial charge in [-0.2, -0.15) is 13.2 Å². The first-order valence-corrected chi connectivity index (χ1v) is 4.17. The molecule has 1 aromatic carbocycles. The summed E-state index contributed by atoms with van der Waals surface area (Å²) in [4.78, 5) is 9.29. The Hall–Kier alpha value is -2.03. The van der Waals surface area contributed by atoms with Gasteiger partial charge < -0.3 is 15.9 Å². The van der Waals surface area contributed by atoms with Crippen LogP contribution >= 0.6 is 0 Å². The minimum atomic E-state index is -4.81. The van der Waals surface area contributed by atoms with Crippen LogP contribution in [0.4, 0.5) is 18.9 Å². The number of hydrogen-bond donors (Lipinski definition) is 3. The predicted octanol–water partition coefficient (Wildman–Crippen LogP) is 1.57. The number of phenolic OH excluding ortho intramolecular Hbond substituents is 2. The Labute approximate surface area is 92.2 Å². The van der Waals surface area contributed by atoms with Crippen molar-refractivity contribution in [1.82, 2.24) is 0 Å². The smallest absolute Gasteiger partial charge is 0.407 e. The second-order valence-electron chi connectivity index (χ2n) is 3.18. The fraction of sp³-hybridized carbons (Fsp3) is 0.250. The van der Waals surface area contributed by atoms with Crippen molar-refractivity contribution in [2.24, 2.45) is 5.73 Å². The quantitative estimate of drug-likeness (QED) is 0.420. The Morgan fingerprint density at radius 3 is 2.29 bits per heavy atom. The molecule has 1 rings (SSSR count). The summed E-state index contributed by atoms with van der Waals surface area (Å²) in [6.45, 7) is 0. The fourth-order valence-electron chi connectivity index (χ4n) is 1.13. The van der Waals surface area contributed by atoms with Gasteiger partial charge in [-0.15, -0.1) is 0 Å². The van der Waals surface area contributed by atoms with Crippen molar-refractivity contribution in [3.05, 3.63) is 27.8 Å². The molecule has 0 saturated heterocycles. The summed E-state index contributed by atoms with van der Waals surface area (Å²) in [5.74, 6) is -2.14. The molecule has 0 fully saturated rings. The summed E-state index contributed by atoms with van der Waals surface area (Å²) in [5, 5.41) is 28.5. The van der Waals surface area contributed by atoms with Crippen LogP contribution in [0.2, 0.25) is 0 Å². The Morgan fingerprint density at radius 2 is 1.88 bits per heavy atom. The number of nitrogens with two attached hydrogens (primary N) is 1. The maximum Gasteiger partial charge on any atom is 0.407 e. The molecule has 0 radical (unpaired) electrons. The number of hydrogen-bond acceptors (Lipinski definition) is 5. The van der Waals surface area contributed by atoms with Gasteiger partial charge in [0, 0.05) is 6.07 Å². The van der Waals surface area contributed by atoms with E-state index in [0.29, 0.717) is 12.1 Å². The van der Waals surface area contributed by atoms with Crippen LogP contribution in [0.5, 0.6) is 11.5 Å². The monoisotopic (exact) mass is 252 g/mol. The van der Waals surface area contributed by atoms with Gasteiger partial charge in [0.2, 0.25) is 5.75 Å². The number of halogens is 3. The van der Waals surface area contributed by atoms with E-state index in [1.54, 1.807) is 0 Å². The van der Waals surface area contributed by atoms with Gasteiger partial charge in [-0.05, 0) is 11.6 Å². The highest BCUT2D eigenvalue weighted by Gasteiger charge is 2.39. The zero-order chi connectivity index (χ0) is 13.4. The minimum absolute atomic E-state index is 0.465. The van der Waals surface area contributed by atoms with Crippen molar-refractivity contribution >= 4 is 5.69 Å². The maximum atomic E-state index is 12.3. The molecule has 17 heavy (non-hydrogen) atoms. The molecule has 0 aromatic heterocycles. The molecular weight excluding hydrogens is 245 g/mol.